The Bertz CT molecular complexity index is 731. The van der Waals surface area contributed by atoms with Crippen molar-refractivity contribution in [1.82, 2.24) is 4.98 Å². The second-order valence-electron chi connectivity index (χ2n) is 4.72. The third kappa shape index (κ3) is 3.88. The zero-order valence-corrected chi connectivity index (χ0v) is 12.7. The van der Waals surface area contributed by atoms with Crippen molar-refractivity contribution < 1.29 is 9.59 Å². The summed E-state index contributed by atoms with van der Waals surface area (Å²) in [4.78, 5) is 40.1. The van der Waals surface area contributed by atoms with Crippen molar-refractivity contribution >= 4 is 28.7 Å². The van der Waals surface area contributed by atoms with E-state index in [1.54, 1.807) is 11.3 Å². The summed E-state index contributed by atoms with van der Waals surface area (Å²) in [5, 5.41) is 2.50. The van der Waals surface area contributed by atoms with Crippen molar-refractivity contribution in [2.75, 3.05) is 5.32 Å². The van der Waals surface area contributed by atoms with Crippen molar-refractivity contribution in [3.8, 4) is 0 Å². The van der Waals surface area contributed by atoms with Crippen LogP contribution >= 0.6 is 11.3 Å². The first kappa shape index (κ1) is 15.2. The Morgan fingerprint density at radius 1 is 1.29 bits per heavy atom. The number of pyridine rings is 1. The Kier molecular flexibility index (Phi) is 4.70. The van der Waals surface area contributed by atoms with Crippen LogP contribution in [0.5, 0.6) is 0 Å². The Morgan fingerprint density at radius 3 is 2.67 bits per heavy atom. The van der Waals surface area contributed by atoms with E-state index in [0.717, 1.165) is 9.75 Å². The van der Waals surface area contributed by atoms with Gasteiger partial charge in [-0.3, -0.25) is 14.4 Å². The van der Waals surface area contributed by atoms with Gasteiger partial charge < -0.3 is 10.3 Å². The molecule has 0 fully saturated rings. The third-order valence-electron chi connectivity index (χ3n) is 3.02. The van der Waals surface area contributed by atoms with Gasteiger partial charge in [0, 0.05) is 46.6 Å². The standard InChI is InChI=1S/C15H16N2O3S/c1-9-7-11(10(2)21-9)13(18)3-4-15(20)17-12-8-16-6-5-14(12)19/h5-8H,3-4H2,1-2H3,(H,16,19)(H,17,20). The van der Waals surface area contributed by atoms with Gasteiger partial charge in [-0.2, -0.15) is 0 Å². The van der Waals surface area contributed by atoms with E-state index in [9.17, 15) is 14.4 Å². The number of hydrogen-bond acceptors (Lipinski definition) is 4. The molecule has 0 aromatic carbocycles. The van der Waals surface area contributed by atoms with Crippen molar-refractivity contribution in [3.05, 3.63) is 50.1 Å². The summed E-state index contributed by atoms with van der Waals surface area (Å²) in [6.45, 7) is 3.84. The largest absolute Gasteiger partial charge is 0.366 e. The van der Waals surface area contributed by atoms with E-state index >= 15 is 0 Å². The molecule has 21 heavy (non-hydrogen) atoms. The zero-order valence-electron chi connectivity index (χ0n) is 11.9. The van der Waals surface area contributed by atoms with Crippen LogP contribution < -0.4 is 10.7 Å². The molecule has 2 heterocycles. The monoisotopic (exact) mass is 304 g/mol. The van der Waals surface area contributed by atoms with Crippen LogP contribution in [-0.2, 0) is 4.79 Å². The summed E-state index contributed by atoms with van der Waals surface area (Å²) in [7, 11) is 0. The molecular weight excluding hydrogens is 288 g/mol. The second kappa shape index (κ2) is 6.49. The molecule has 5 nitrogen and oxygen atoms in total. The Labute approximate surface area is 126 Å². The number of H-pyrrole nitrogens is 1. The van der Waals surface area contributed by atoms with E-state index in [2.05, 4.69) is 10.3 Å². The van der Waals surface area contributed by atoms with Crippen LogP contribution in [0.15, 0.2) is 29.3 Å². The summed E-state index contributed by atoms with van der Waals surface area (Å²) in [5.74, 6) is -0.390. The molecule has 1 amide bonds. The van der Waals surface area contributed by atoms with Crippen molar-refractivity contribution in [1.29, 1.82) is 0 Å². The highest BCUT2D eigenvalue weighted by molar-refractivity contribution is 7.12. The van der Waals surface area contributed by atoms with Gasteiger partial charge in [-0.1, -0.05) is 0 Å². The maximum absolute atomic E-state index is 12.1. The smallest absolute Gasteiger partial charge is 0.224 e. The summed E-state index contributed by atoms with van der Waals surface area (Å²) in [6.07, 6.45) is 3.10. The van der Waals surface area contributed by atoms with E-state index in [0.29, 0.717) is 5.56 Å². The van der Waals surface area contributed by atoms with Crippen LogP contribution in [0.25, 0.3) is 0 Å². The molecule has 6 heteroatoms. The first-order chi connectivity index (χ1) is 9.97. The van der Waals surface area contributed by atoms with Gasteiger partial charge in [0.05, 0.1) is 0 Å². The van der Waals surface area contributed by atoms with E-state index in [1.807, 2.05) is 19.9 Å². The van der Waals surface area contributed by atoms with Gasteiger partial charge in [0.15, 0.2) is 5.78 Å². The molecule has 0 aliphatic carbocycles. The summed E-state index contributed by atoms with van der Waals surface area (Å²) >= 11 is 1.57. The van der Waals surface area contributed by atoms with Crippen molar-refractivity contribution in [2.24, 2.45) is 0 Å². The molecule has 2 aromatic rings. The van der Waals surface area contributed by atoms with E-state index in [-0.39, 0.29) is 35.6 Å². The minimum atomic E-state index is -0.343. The number of amides is 1. The lowest BCUT2D eigenvalue weighted by atomic mass is 10.1. The topological polar surface area (TPSA) is 79.0 Å². The number of ketones is 1. The number of hydrogen-bond donors (Lipinski definition) is 2. The van der Waals surface area contributed by atoms with Gasteiger partial charge in [0.1, 0.15) is 5.69 Å². The molecule has 2 N–H and O–H groups in total. The Balaban J connectivity index is 1.93. The number of aromatic nitrogens is 1. The fourth-order valence-electron chi connectivity index (χ4n) is 2.00. The zero-order chi connectivity index (χ0) is 15.4. The molecule has 0 aliphatic heterocycles. The van der Waals surface area contributed by atoms with Crippen molar-refractivity contribution in [3.63, 3.8) is 0 Å². The van der Waals surface area contributed by atoms with Crippen LogP contribution in [-0.4, -0.2) is 16.7 Å². The predicted molar refractivity (Wildman–Crippen MR) is 83.0 cm³/mol. The molecule has 2 rings (SSSR count). The van der Waals surface area contributed by atoms with Gasteiger partial charge in [-0.25, -0.2) is 0 Å². The highest BCUT2D eigenvalue weighted by atomic mass is 32.1. The number of thiophene rings is 1. The Morgan fingerprint density at radius 2 is 2.05 bits per heavy atom. The molecule has 0 aliphatic rings. The number of carbonyl (C=O) groups excluding carboxylic acids is 2. The maximum atomic E-state index is 12.1. The van der Waals surface area contributed by atoms with Crippen LogP contribution in [0.2, 0.25) is 0 Å². The highest BCUT2D eigenvalue weighted by Crippen LogP contribution is 2.22. The third-order valence-corrected chi connectivity index (χ3v) is 3.98. The lowest BCUT2D eigenvalue weighted by molar-refractivity contribution is -0.116. The van der Waals surface area contributed by atoms with Gasteiger partial charge in [0.2, 0.25) is 11.3 Å². The predicted octanol–water partition coefficient (Wildman–Crippen LogP) is 2.65. The highest BCUT2D eigenvalue weighted by Gasteiger charge is 2.14. The lowest BCUT2D eigenvalue weighted by Crippen LogP contribution is -2.18. The molecule has 2 aromatic heterocycles. The number of aromatic amines is 1. The lowest BCUT2D eigenvalue weighted by Gasteiger charge is -2.03. The quantitative estimate of drug-likeness (QED) is 0.833. The van der Waals surface area contributed by atoms with Gasteiger partial charge in [-0.15, -0.1) is 11.3 Å². The van der Waals surface area contributed by atoms with Gasteiger partial charge in [0.25, 0.3) is 0 Å². The number of anilines is 1. The summed E-state index contributed by atoms with van der Waals surface area (Å²) in [6, 6.07) is 3.18. The molecule has 0 radical (unpaired) electrons. The molecule has 0 saturated heterocycles. The van der Waals surface area contributed by atoms with Crippen LogP contribution in [0, 0.1) is 13.8 Å². The normalized spacial score (nSPS) is 10.4. The van der Waals surface area contributed by atoms with Gasteiger partial charge in [-0.05, 0) is 19.9 Å². The van der Waals surface area contributed by atoms with Crippen LogP contribution in [0.4, 0.5) is 5.69 Å². The molecule has 0 unspecified atom stereocenters. The van der Waals surface area contributed by atoms with Crippen molar-refractivity contribution in [2.45, 2.75) is 26.7 Å². The fraction of sp³-hybridized carbons (Fsp3) is 0.267. The van der Waals surface area contributed by atoms with Crippen LogP contribution in [0.1, 0.15) is 33.0 Å². The van der Waals surface area contributed by atoms with E-state index in [4.69, 9.17) is 0 Å². The number of rotatable bonds is 5. The van der Waals surface area contributed by atoms with E-state index in [1.165, 1.54) is 18.5 Å². The van der Waals surface area contributed by atoms with E-state index < -0.39 is 0 Å². The summed E-state index contributed by atoms with van der Waals surface area (Å²) in [5.41, 5.74) is 0.609. The average Bonchev–Trinajstić information content (AvgIpc) is 2.78. The first-order valence-electron chi connectivity index (χ1n) is 6.54. The molecule has 0 atom stereocenters. The molecular formula is C15H16N2O3S. The number of nitrogens with one attached hydrogen (secondary N) is 2. The maximum Gasteiger partial charge on any atom is 0.224 e. The number of Topliss-reactive ketones (excluding diaryl/α,β-unsaturated/α-hetero) is 1. The Hall–Kier alpha value is -2.21. The van der Waals surface area contributed by atoms with Gasteiger partial charge >= 0.3 is 0 Å². The fourth-order valence-corrected chi connectivity index (χ4v) is 2.94. The minimum Gasteiger partial charge on any atom is -0.366 e. The van der Waals surface area contributed by atoms with Crippen LogP contribution in [0.3, 0.4) is 0 Å². The molecule has 0 saturated carbocycles. The number of carbonyl (C=O) groups is 2. The first-order valence-corrected chi connectivity index (χ1v) is 7.36. The average molecular weight is 304 g/mol. The number of aryl methyl sites for hydroxylation is 2. The SMILES string of the molecule is Cc1cc(C(=O)CCC(=O)Nc2c[nH]ccc2=O)c(C)s1. The molecule has 0 bridgehead atoms. The minimum absolute atomic E-state index is 0.0472. The molecule has 110 valence electrons. The second-order valence-corrected chi connectivity index (χ2v) is 6.18. The summed E-state index contributed by atoms with van der Waals surface area (Å²) < 4.78 is 0. The molecule has 0 spiro atoms.